The number of Topliss-reactive ketones (excluding diaryl/α,β-unsaturated/α-hetero) is 1. The highest BCUT2D eigenvalue weighted by Crippen LogP contribution is 2.23. The van der Waals surface area contributed by atoms with Crippen LogP contribution in [0.1, 0.15) is 54.1 Å². The minimum atomic E-state index is -0.458. The molecule has 0 unspecified atom stereocenters. The Labute approximate surface area is 159 Å². The molecule has 0 aliphatic heterocycles. The number of carbonyl (C=O) groups excluding carboxylic acids is 2. The van der Waals surface area contributed by atoms with Crippen molar-refractivity contribution in [2.24, 2.45) is 0 Å². The molecule has 2 aromatic rings. The second-order valence-electron chi connectivity index (χ2n) is 6.67. The normalized spacial score (nSPS) is 10.7. The summed E-state index contributed by atoms with van der Waals surface area (Å²) in [5, 5.41) is 0. The van der Waals surface area contributed by atoms with Gasteiger partial charge < -0.3 is 9.47 Å². The zero-order valence-electron chi connectivity index (χ0n) is 16.0. The van der Waals surface area contributed by atoms with Gasteiger partial charge in [0, 0.05) is 12.0 Å². The summed E-state index contributed by atoms with van der Waals surface area (Å²) >= 11 is 0. The Bertz CT molecular complexity index is 781. The van der Waals surface area contributed by atoms with E-state index in [1.165, 1.54) is 35.4 Å². The van der Waals surface area contributed by atoms with Crippen molar-refractivity contribution in [3.8, 4) is 5.75 Å². The Hall–Kier alpha value is -2.69. The van der Waals surface area contributed by atoms with Gasteiger partial charge >= 0.3 is 5.97 Å². The molecule has 0 amide bonds. The molecule has 0 spiro atoms. The van der Waals surface area contributed by atoms with E-state index in [1.807, 2.05) is 25.1 Å². The van der Waals surface area contributed by atoms with Crippen LogP contribution in [0.25, 0.3) is 0 Å². The largest absolute Gasteiger partial charge is 0.490 e. The first-order valence-corrected chi connectivity index (χ1v) is 9.04. The Balaban J connectivity index is 1.68. The van der Waals surface area contributed by atoms with Crippen LogP contribution < -0.4 is 4.74 Å². The Kier molecular flexibility index (Phi) is 7.53. The summed E-state index contributed by atoms with van der Waals surface area (Å²) in [6.07, 6.45) is 0.0135. The lowest BCUT2D eigenvalue weighted by Gasteiger charge is -2.12. The molecule has 0 N–H and O–H groups in total. The molecule has 0 saturated heterocycles. The summed E-state index contributed by atoms with van der Waals surface area (Å²) in [5.74, 6) is 0.112. The van der Waals surface area contributed by atoms with E-state index in [1.54, 1.807) is 0 Å². The van der Waals surface area contributed by atoms with Gasteiger partial charge in [-0.25, -0.2) is 4.39 Å². The maximum atomic E-state index is 12.8. The van der Waals surface area contributed by atoms with Crippen molar-refractivity contribution >= 4 is 11.8 Å². The van der Waals surface area contributed by atoms with E-state index in [4.69, 9.17) is 9.47 Å². The topological polar surface area (TPSA) is 52.6 Å². The van der Waals surface area contributed by atoms with Gasteiger partial charge in [0.25, 0.3) is 0 Å². The number of halogens is 1. The molecule has 144 valence electrons. The number of ether oxygens (including phenoxy) is 2. The fraction of sp³-hybridized carbons (Fsp3) is 0.364. The van der Waals surface area contributed by atoms with Crippen LogP contribution in [0.5, 0.6) is 5.75 Å². The molecule has 0 aliphatic rings. The molecule has 0 bridgehead atoms. The van der Waals surface area contributed by atoms with E-state index in [9.17, 15) is 14.0 Å². The quantitative estimate of drug-likeness (QED) is 0.359. The average molecular weight is 372 g/mol. The number of esters is 1. The van der Waals surface area contributed by atoms with Crippen molar-refractivity contribution in [1.29, 1.82) is 0 Å². The minimum Gasteiger partial charge on any atom is -0.490 e. The highest BCUT2D eigenvalue weighted by atomic mass is 19.1. The second kappa shape index (κ2) is 9.86. The van der Waals surface area contributed by atoms with Gasteiger partial charge in [0.1, 0.15) is 24.8 Å². The molecule has 5 heteroatoms. The number of carbonyl (C=O) groups is 2. The number of aryl methyl sites for hydroxylation is 1. The molecular weight excluding hydrogens is 347 g/mol. The highest BCUT2D eigenvalue weighted by molar-refractivity contribution is 5.97. The van der Waals surface area contributed by atoms with Crippen molar-refractivity contribution in [1.82, 2.24) is 0 Å². The molecule has 0 radical (unpaired) electrons. The molecule has 0 aromatic heterocycles. The summed E-state index contributed by atoms with van der Waals surface area (Å²) in [7, 11) is 0. The molecule has 0 fully saturated rings. The standard InChI is InChI=1S/C22H25FO4/c1-15(2)20-9-8-19(14-16(20)3)26-12-13-27-22(25)11-10-21(24)17-4-6-18(23)7-5-17/h4-9,14-15H,10-13H2,1-3H3. The maximum Gasteiger partial charge on any atom is 0.306 e. The molecule has 4 nitrogen and oxygen atoms in total. The van der Waals surface area contributed by atoms with Crippen LogP contribution in [-0.2, 0) is 9.53 Å². The third kappa shape index (κ3) is 6.51. The van der Waals surface area contributed by atoms with Crippen LogP contribution >= 0.6 is 0 Å². The number of hydrogen-bond donors (Lipinski definition) is 0. The number of ketones is 1. The van der Waals surface area contributed by atoms with Gasteiger partial charge in [-0.2, -0.15) is 0 Å². The van der Waals surface area contributed by atoms with E-state index in [-0.39, 0.29) is 31.8 Å². The van der Waals surface area contributed by atoms with Gasteiger partial charge in [-0.05, 0) is 60.4 Å². The fourth-order valence-corrected chi connectivity index (χ4v) is 2.77. The Morgan fingerprint density at radius 3 is 2.33 bits per heavy atom. The average Bonchev–Trinajstić information content (AvgIpc) is 2.63. The monoisotopic (exact) mass is 372 g/mol. The van der Waals surface area contributed by atoms with Crippen molar-refractivity contribution < 1.29 is 23.5 Å². The van der Waals surface area contributed by atoms with E-state index >= 15 is 0 Å². The molecule has 2 aromatic carbocycles. The summed E-state index contributed by atoms with van der Waals surface area (Å²) in [6.45, 7) is 6.69. The van der Waals surface area contributed by atoms with Gasteiger partial charge in [-0.3, -0.25) is 9.59 Å². The van der Waals surface area contributed by atoms with Crippen LogP contribution in [0.4, 0.5) is 4.39 Å². The molecule has 0 saturated carbocycles. The third-order valence-electron chi connectivity index (χ3n) is 4.20. The van der Waals surface area contributed by atoms with Crippen molar-refractivity contribution in [3.63, 3.8) is 0 Å². The van der Waals surface area contributed by atoms with Crippen molar-refractivity contribution in [3.05, 3.63) is 65.0 Å². The summed E-state index contributed by atoms with van der Waals surface area (Å²) in [4.78, 5) is 23.7. The van der Waals surface area contributed by atoms with Gasteiger partial charge in [-0.15, -0.1) is 0 Å². The van der Waals surface area contributed by atoms with Crippen molar-refractivity contribution in [2.45, 2.75) is 39.5 Å². The third-order valence-corrected chi connectivity index (χ3v) is 4.20. The minimum absolute atomic E-state index is 0.0155. The van der Waals surface area contributed by atoms with E-state index in [0.717, 1.165) is 5.75 Å². The van der Waals surface area contributed by atoms with Crippen molar-refractivity contribution in [2.75, 3.05) is 13.2 Å². The lowest BCUT2D eigenvalue weighted by Crippen LogP contribution is -2.13. The van der Waals surface area contributed by atoms with Gasteiger partial charge in [0.15, 0.2) is 5.78 Å². The van der Waals surface area contributed by atoms with Gasteiger partial charge in [-0.1, -0.05) is 19.9 Å². The van der Waals surface area contributed by atoms with Crippen LogP contribution in [0.15, 0.2) is 42.5 Å². The first-order chi connectivity index (χ1) is 12.9. The van der Waals surface area contributed by atoms with Crippen LogP contribution in [-0.4, -0.2) is 25.0 Å². The predicted molar refractivity (Wildman–Crippen MR) is 102 cm³/mol. The molecule has 0 heterocycles. The van der Waals surface area contributed by atoms with Gasteiger partial charge in [0.2, 0.25) is 0 Å². The first-order valence-electron chi connectivity index (χ1n) is 9.04. The van der Waals surface area contributed by atoms with E-state index in [0.29, 0.717) is 11.5 Å². The smallest absolute Gasteiger partial charge is 0.306 e. The van der Waals surface area contributed by atoms with E-state index in [2.05, 4.69) is 13.8 Å². The lowest BCUT2D eigenvalue weighted by molar-refractivity contribution is -0.144. The molecule has 0 aliphatic carbocycles. The predicted octanol–water partition coefficient (Wildman–Crippen LogP) is 4.84. The summed E-state index contributed by atoms with van der Waals surface area (Å²) in [5.41, 5.74) is 2.83. The van der Waals surface area contributed by atoms with Crippen LogP contribution in [0.3, 0.4) is 0 Å². The zero-order chi connectivity index (χ0) is 19.8. The van der Waals surface area contributed by atoms with Gasteiger partial charge in [0.05, 0.1) is 6.42 Å². The highest BCUT2D eigenvalue weighted by Gasteiger charge is 2.11. The van der Waals surface area contributed by atoms with Crippen LogP contribution in [0.2, 0.25) is 0 Å². The van der Waals surface area contributed by atoms with Crippen LogP contribution in [0, 0.1) is 12.7 Å². The maximum absolute atomic E-state index is 12.8. The number of rotatable bonds is 9. The lowest BCUT2D eigenvalue weighted by atomic mass is 9.98. The number of hydrogen-bond acceptors (Lipinski definition) is 4. The SMILES string of the molecule is Cc1cc(OCCOC(=O)CCC(=O)c2ccc(F)cc2)ccc1C(C)C. The molecule has 2 rings (SSSR count). The zero-order valence-corrected chi connectivity index (χ0v) is 16.0. The Morgan fingerprint density at radius 2 is 1.70 bits per heavy atom. The Morgan fingerprint density at radius 1 is 1.00 bits per heavy atom. The molecular formula is C22H25FO4. The molecule has 0 atom stereocenters. The second-order valence-corrected chi connectivity index (χ2v) is 6.67. The molecule has 27 heavy (non-hydrogen) atoms. The summed E-state index contributed by atoms with van der Waals surface area (Å²) in [6, 6.07) is 11.2. The first kappa shape index (κ1) is 20.6. The fourth-order valence-electron chi connectivity index (χ4n) is 2.77. The number of benzene rings is 2. The summed E-state index contributed by atoms with van der Waals surface area (Å²) < 4.78 is 23.5. The van der Waals surface area contributed by atoms with E-state index < -0.39 is 11.8 Å².